The van der Waals surface area contributed by atoms with Gasteiger partial charge in [0.1, 0.15) is 0 Å². The Labute approximate surface area is 98.6 Å². The molecule has 2 saturated heterocycles. The average Bonchev–Trinajstić information content (AvgIpc) is 2.66. The smallest absolute Gasteiger partial charge is 0.222 e. The summed E-state index contributed by atoms with van der Waals surface area (Å²) in [6, 6.07) is 0. The van der Waals surface area contributed by atoms with Crippen LogP contribution in [0.4, 0.5) is 0 Å². The molecule has 2 rings (SSSR count). The first-order valence-electron chi connectivity index (χ1n) is 6.60. The maximum Gasteiger partial charge on any atom is 0.222 e. The van der Waals surface area contributed by atoms with Gasteiger partial charge in [-0.2, -0.15) is 0 Å². The summed E-state index contributed by atoms with van der Waals surface area (Å²) in [7, 11) is 0. The number of nitrogens with one attached hydrogen (secondary N) is 1. The van der Waals surface area contributed by atoms with Crippen LogP contribution in [-0.2, 0) is 4.79 Å². The molecule has 0 saturated carbocycles. The Balaban J connectivity index is 1.82. The van der Waals surface area contributed by atoms with Crippen LogP contribution in [0, 0.1) is 11.3 Å². The van der Waals surface area contributed by atoms with Gasteiger partial charge < -0.3 is 10.2 Å². The zero-order chi connectivity index (χ0) is 11.6. The fraction of sp³-hybridized carbons (Fsp3) is 0.923. The first-order valence-corrected chi connectivity index (χ1v) is 6.60. The molecule has 0 aromatic heterocycles. The maximum absolute atomic E-state index is 11.9. The molecule has 0 atom stereocenters. The molecular formula is C13H24N2O. The van der Waals surface area contributed by atoms with Gasteiger partial charge >= 0.3 is 0 Å². The summed E-state index contributed by atoms with van der Waals surface area (Å²) in [6.07, 6.45) is 4.41. The predicted octanol–water partition coefficient (Wildman–Crippen LogP) is 1.63. The Bertz CT molecular complexity index is 247. The normalized spacial score (nSPS) is 24.3. The van der Waals surface area contributed by atoms with Crippen LogP contribution in [-0.4, -0.2) is 37.0 Å². The van der Waals surface area contributed by atoms with E-state index in [0.29, 0.717) is 23.7 Å². The molecule has 0 aliphatic carbocycles. The third kappa shape index (κ3) is 2.57. The van der Waals surface area contributed by atoms with Crippen molar-refractivity contribution in [1.82, 2.24) is 10.2 Å². The Morgan fingerprint density at radius 1 is 1.31 bits per heavy atom. The van der Waals surface area contributed by atoms with Gasteiger partial charge in [0.25, 0.3) is 0 Å². The number of hydrogen-bond acceptors (Lipinski definition) is 2. The highest BCUT2D eigenvalue weighted by Gasteiger charge is 2.37. The summed E-state index contributed by atoms with van der Waals surface area (Å²) in [5.41, 5.74) is 0.522. The summed E-state index contributed by atoms with van der Waals surface area (Å²) in [5, 5.41) is 3.46. The molecule has 2 aliphatic rings. The number of carbonyl (C=O) groups is 1. The second-order valence-electron chi connectivity index (χ2n) is 5.91. The van der Waals surface area contributed by atoms with Gasteiger partial charge in [0.05, 0.1) is 0 Å². The third-order valence-corrected chi connectivity index (χ3v) is 4.09. The van der Waals surface area contributed by atoms with Gasteiger partial charge in [-0.05, 0) is 37.1 Å². The highest BCUT2D eigenvalue weighted by Crippen LogP contribution is 2.37. The second kappa shape index (κ2) is 4.74. The fourth-order valence-corrected chi connectivity index (χ4v) is 2.93. The SMILES string of the molecule is CC(C)CC(=O)N1CCC2(CCNC2)CC1. The van der Waals surface area contributed by atoms with Gasteiger partial charge in [-0.25, -0.2) is 0 Å². The van der Waals surface area contributed by atoms with E-state index in [2.05, 4.69) is 24.1 Å². The molecule has 0 aromatic carbocycles. The van der Waals surface area contributed by atoms with E-state index in [1.165, 1.54) is 32.4 Å². The van der Waals surface area contributed by atoms with Crippen molar-refractivity contribution in [2.75, 3.05) is 26.2 Å². The molecule has 0 radical (unpaired) electrons. The number of nitrogens with zero attached hydrogens (tertiary/aromatic N) is 1. The number of carbonyl (C=O) groups excluding carboxylic acids is 1. The minimum absolute atomic E-state index is 0.357. The lowest BCUT2D eigenvalue weighted by Crippen LogP contribution is -2.44. The zero-order valence-electron chi connectivity index (χ0n) is 10.6. The molecule has 92 valence electrons. The highest BCUT2D eigenvalue weighted by atomic mass is 16.2. The molecular weight excluding hydrogens is 200 g/mol. The quantitative estimate of drug-likeness (QED) is 0.773. The van der Waals surface area contributed by atoms with Crippen molar-refractivity contribution < 1.29 is 4.79 Å². The molecule has 16 heavy (non-hydrogen) atoms. The summed E-state index contributed by atoms with van der Waals surface area (Å²) in [4.78, 5) is 14.0. The fourth-order valence-electron chi connectivity index (χ4n) is 2.93. The van der Waals surface area contributed by atoms with Crippen LogP contribution in [0.2, 0.25) is 0 Å². The van der Waals surface area contributed by atoms with Crippen LogP contribution in [0.5, 0.6) is 0 Å². The molecule has 0 aromatic rings. The second-order valence-corrected chi connectivity index (χ2v) is 5.91. The highest BCUT2D eigenvalue weighted by molar-refractivity contribution is 5.76. The molecule has 2 heterocycles. The lowest BCUT2D eigenvalue weighted by Gasteiger charge is -2.39. The van der Waals surface area contributed by atoms with Gasteiger partial charge in [0.15, 0.2) is 0 Å². The van der Waals surface area contributed by atoms with E-state index < -0.39 is 0 Å². The third-order valence-electron chi connectivity index (χ3n) is 4.09. The Kier molecular flexibility index (Phi) is 3.53. The molecule has 1 N–H and O–H groups in total. The molecule has 3 nitrogen and oxygen atoms in total. The number of likely N-dealkylation sites (tertiary alicyclic amines) is 1. The molecule has 3 heteroatoms. The first kappa shape index (κ1) is 11.9. The summed E-state index contributed by atoms with van der Waals surface area (Å²) in [5.74, 6) is 0.840. The predicted molar refractivity (Wildman–Crippen MR) is 65.2 cm³/mol. The van der Waals surface area contributed by atoms with E-state index in [1.54, 1.807) is 0 Å². The zero-order valence-corrected chi connectivity index (χ0v) is 10.6. The van der Waals surface area contributed by atoms with Crippen molar-refractivity contribution in [3.05, 3.63) is 0 Å². The van der Waals surface area contributed by atoms with Crippen molar-refractivity contribution in [2.45, 2.75) is 39.5 Å². The minimum Gasteiger partial charge on any atom is -0.343 e. The van der Waals surface area contributed by atoms with Crippen molar-refractivity contribution in [1.29, 1.82) is 0 Å². The summed E-state index contributed by atoms with van der Waals surface area (Å²) >= 11 is 0. The molecule has 2 aliphatic heterocycles. The number of amides is 1. The van der Waals surface area contributed by atoms with Crippen LogP contribution in [0.15, 0.2) is 0 Å². The van der Waals surface area contributed by atoms with Crippen LogP contribution in [0.3, 0.4) is 0 Å². The largest absolute Gasteiger partial charge is 0.343 e. The lowest BCUT2D eigenvalue weighted by atomic mass is 9.78. The molecule has 0 bridgehead atoms. The number of hydrogen-bond donors (Lipinski definition) is 1. The summed E-state index contributed by atoms with van der Waals surface area (Å²) < 4.78 is 0. The molecule has 0 unspecified atom stereocenters. The van der Waals surface area contributed by atoms with E-state index >= 15 is 0 Å². The minimum atomic E-state index is 0.357. The van der Waals surface area contributed by atoms with Crippen LogP contribution < -0.4 is 5.32 Å². The van der Waals surface area contributed by atoms with E-state index in [-0.39, 0.29) is 0 Å². The molecule has 1 amide bonds. The van der Waals surface area contributed by atoms with Gasteiger partial charge in [-0.15, -0.1) is 0 Å². The van der Waals surface area contributed by atoms with Gasteiger partial charge in [0, 0.05) is 26.1 Å². The van der Waals surface area contributed by atoms with E-state index in [4.69, 9.17) is 0 Å². The topological polar surface area (TPSA) is 32.3 Å². The maximum atomic E-state index is 11.9. The monoisotopic (exact) mass is 224 g/mol. The number of piperidine rings is 1. The lowest BCUT2D eigenvalue weighted by molar-refractivity contribution is -0.134. The van der Waals surface area contributed by atoms with Crippen LogP contribution in [0.1, 0.15) is 39.5 Å². The van der Waals surface area contributed by atoms with Crippen molar-refractivity contribution >= 4 is 5.91 Å². The average molecular weight is 224 g/mol. The van der Waals surface area contributed by atoms with E-state index in [9.17, 15) is 4.79 Å². The molecule has 1 spiro atoms. The van der Waals surface area contributed by atoms with Gasteiger partial charge in [-0.3, -0.25) is 4.79 Å². The van der Waals surface area contributed by atoms with Gasteiger partial charge in [0.2, 0.25) is 5.91 Å². The molecule has 2 fully saturated rings. The van der Waals surface area contributed by atoms with E-state index in [1.807, 2.05) is 0 Å². The first-order chi connectivity index (χ1) is 7.61. The van der Waals surface area contributed by atoms with Crippen LogP contribution >= 0.6 is 0 Å². The standard InChI is InChI=1S/C13H24N2O/c1-11(2)9-12(16)15-7-4-13(5-8-15)3-6-14-10-13/h11,14H,3-10H2,1-2H3. The van der Waals surface area contributed by atoms with Crippen LogP contribution in [0.25, 0.3) is 0 Å². The Morgan fingerprint density at radius 3 is 2.50 bits per heavy atom. The van der Waals surface area contributed by atoms with E-state index in [0.717, 1.165) is 13.1 Å². The Morgan fingerprint density at radius 2 is 2.00 bits per heavy atom. The van der Waals surface area contributed by atoms with Crippen molar-refractivity contribution in [3.63, 3.8) is 0 Å². The number of rotatable bonds is 2. The Hall–Kier alpha value is -0.570. The summed E-state index contributed by atoms with van der Waals surface area (Å²) in [6.45, 7) is 8.52. The van der Waals surface area contributed by atoms with Gasteiger partial charge in [-0.1, -0.05) is 13.8 Å². The van der Waals surface area contributed by atoms with Crippen molar-refractivity contribution in [2.24, 2.45) is 11.3 Å². The van der Waals surface area contributed by atoms with Crippen molar-refractivity contribution in [3.8, 4) is 0 Å².